The van der Waals surface area contributed by atoms with Crippen molar-refractivity contribution in [2.24, 2.45) is 0 Å². The molecule has 2 nitrogen and oxygen atoms in total. The van der Waals surface area contributed by atoms with E-state index >= 15 is 0 Å². The molecule has 1 N–H and O–H groups in total. The molecule has 4 heteroatoms. The molecule has 0 bridgehead atoms. The van der Waals surface area contributed by atoms with Gasteiger partial charge in [-0.3, -0.25) is 4.98 Å². The monoisotopic (exact) mass is 276 g/mol. The number of hydrogen-bond acceptors (Lipinski definition) is 2. The van der Waals surface area contributed by atoms with Crippen molar-refractivity contribution in [1.82, 2.24) is 10.3 Å². The van der Waals surface area contributed by atoms with Gasteiger partial charge in [-0.15, -0.1) is 0 Å². The van der Waals surface area contributed by atoms with Crippen LogP contribution in [0.5, 0.6) is 0 Å². The minimum atomic E-state index is -0.810. The minimum absolute atomic E-state index is 0.129. The van der Waals surface area contributed by atoms with E-state index in [-0.39, 0.29) is 6.04 Å². The van der Waals surface area contributed by atoms with Crippen LogP contribution >= 0.6 is 0 Å². The zero-order valence-electron chi connectivity index (χ0n) is 11.7. The quantitative estimate of drug-likeness (QED) is 0.903. The summed E-state index contributed by atoms with van der Waals surface area (Å²) in [4.78, 5) is 4.33. The van der Waals surface area contributed by atoms with Crippen molar-refractivity contribution in [3.8, 4) is 0 Å². The Morgan fingerprint density at radius 2 is 2.05 bits per heavy atom. The van der Waals surface area contributed by atoms with E-state index in [1.807, 2.05) is 26.0 Å². The van der Waals surface area contributed by atoms with Crippen LogP contribution in [0.3, 0.4) is 0 Å². The maximum atomic E-state index is 13.8. The van der Waals surface area contributed by atoms with Crippen molar-refractivity contribution >= 4 is 0 Å². The second-order valence-electron chi connectivity index (χ2n) is 4.79. The first-order valence-corrected chi connectivity index (χ1v) is 6.70. The summed E-state index contributed by atoms with van der Waals surface area (Å²) in [6.45, 7) is 4.69. The van der Waals surface area contributed by atoms with Crippen LogP contribution in [0.1, 0.15) is 29.8 Å². The molecular formula is C16H18F2N2. The Balaban J connectivity index is 2.28. The second kappa shape index (κ2) is 6.57. The zero-order chi connectivity index (χ0) is 14.5. The summed E-state index contributed by atoms with van der Waals surface area (Å²) in [7, 11) is 0. The lowest BCUT2D eigenvalue weighted by Gasteiger charge is -2.18. The summed E-state index contributed by atoms with van der Waals surface area (Å²) in [6, 6.07) is 8.02. The molecule has 1 aromatic carbocycles. The van der Waals surface area contributed by atoms with Crippen molar-refractivity contribution in [2.45, 2.75) is 26.3 Å². The zero-order valence-corrected chi connectivity index (χ0v) is 11.7. The average molecular weight is 276 g/mol. The van der Waals surface area contributed by atoms with Gasteiger partial charge in [-0.05, 0) is 49.2 Å². The molecule has 0 aliphatic rings. The Morgan fingerprint density at radius 1 is 1.25 bits per heavy atom. The first-order chi connectivity index (χ1) is 9.61. The van der Waals surface area contributed by atoms with Crippen LogP contribution < -0.4 is 5.32 Å². The molecule has 0 aliphatic carbocycles. The first-order valence-electron chi connectivity index (χ1n) is 6.70. The highest BCUT2D eigenvalue weighted by atomic mass is 19.2. The number of aromatic nitrogens is 1. The van der Waals surface area contributed by atoms with E-state index in [9.17, 15) is 8.78 Å². The van der Waals surface area contributed by atoms with Gasteiger partial charge in [0.1, 0.15) is 0 Å². The topological polar surface area (TPSA) is 24.9 Å². The van der Waals surface area contributed by atoms with Gasteiger partial charge in [0.05, 0.1) is 11.7 Å². The highest BCUT2D eigenvalue weighted by molar-refractivity contribution is 5.24. The van der Waals surface area contributed by atoms with Gasteiger partial charge in [-0.1, -0.05) is 19.1 Å². The number of nitrogens with zero attached hydrogens (tertiary/aromatic N) is 1. The Labute approximate surface area is 117 Å². The standard InChI is InChI=1S/C16H18F2N2/c1-3-19-15(14-9-11(2)7-8-20-14)10-12-5-4-6-13(17)16(12)18/h4-9,15,19H,3,10H2,1-2H3. The summed E-state index contributed by atoms with van der Waals surface area (Å²) in [5.74, 6) is -1.59. The fourth-order valence-electron chi connectivity index (χ4n) is 2.20. The molecular weight excluding hydrogens is 258 g/mol. The largest absolute Gasteiger partial charge is 0.309 e. The Bertz CT molecular complexity index is 584. The number of aryl methyl sites for hydroxylation is 1. The summed E-state index contributed by atoms with van der Waals surface area (Å²) in [6.07, 6.45) is 2.10. The molecule has 0 saturated carbocycles. The number of pyridine rings is 1. The number of hydrogen-bond donors (Lipinski definition) is 1. The molecule has 1 unspecified atom stereocenters. The predicted octanol–water partition coefficient (Wildman–Crippen LogP) is 3.56. The van der Waals surface area contributed by atoms with Gasteiger partial charge < -0.3 is 5.32 Å². The van der Waals surface area contributed by atoms with Gasteiger partial charge in [0, 0.05) is 6.20 Å². The maximum absolute atomic E-state index is 13.8. The fourth-order valence-corrected chi connectivity index (χ4v) is 2.20. The average Bonchev–Trinajstić information content (AvgIpc) is 2.43. The molecule has 0 fully saturated rings. The molecule has 106 valence electrons. The van der Waals surface area contributed by atoms with Crippen LogP contribution in [-0.2, 0) is 6.42 Å². The molecule has 1 heterocycles. The van der Waals surface area contributed by atoms with Gasteiger partial charge >= 0.3 is 0 Å². The van der Waals surface area contributed by atoms with E-state index in [2.05, 4.69) is 10.3 Å². The molecule has 0 radical (unpaired) electrons. The first kappa shape index (κ1) is 14.6. The van der Waals surface area contributed by atoms with Crippen LogP contribution in [0.2, 0.25) is 0 Å². The smallest absolute Gasteiger partial charge is 0.162 e. The lowest BCUT2D eigenvalue weighted by molar-refractivity contribution is 0.478. The summed E-state index contributed by atoms with van der Waals surface area (Å²) in [5, 5.41) is 3.27. The third kappa shape index (κ3) is 3.39. The van der Waals surface area contributed by atoms with Crippen LogP contribution in [0.15, 0.2) is 36.5 Å². The van der Waals surface area contributed by atoms with Crippen LogP contribution in [0.25, 0.3) is 0 Å². The van der Waals surface area contributed by atoms with E-state index in [0.717, 1.165) is 23.9 Å². The van der Waals surface area contributed by atoms with Gasteiger partial charge in [-0.2, -0.15) is 0 Å². The van der Waals surface area contributed by atoms with E-state index in [1.54, 1.807) is 12.3 Å². The van der Waals surface area contributed by atoms with Crippen molar-refractivity contribution in [1.29, 1.82) is 0 Å². The molecule has 0 saturated heterocycles. The number of likely N-dealkylation sites (N-methyl/N-ethyl adjacent to an activating group) is 1. The van der Waals surface area contributed by atoms with Crippen molar-refractivity contribution in [3.05, 3.63) is 65.0 Å². The molecule has 1 aromatic heterocycles. The normalized spacial score (nSPS) is 12.4. The maximum Gasteiger partial charge on any atom is 0.162 e. The SMILES string of the molecule is CCNC(Cc1cccc(F)c1F)c1cc(C)ccn1. The predicted molar refractivity (Wildman–Crippen MR) is 75.5 cm³/mol. The second-order valence-corrected chi connectivity index (χ2v) is 4.79. The van der Waals surface area contributed by atoms with Crippen LogP contribution in [0.4, 0.5) is 8.78 Å². The van der Waals surface area contributed by atoms with Crippen molar-refractivity contribution in [3.63, 3.8) is 0 Å². The third-order valence-electron chi connectivity index (χ3n) is 3.20. The van der Waals surface area contributed by atoms with E-state index in [1.165, 1.54) is 6.07 Å². The molecule has 0 aliphatic heterocycles. The lowest BCUT2D eigenvalue weighted by atomic mass is 10.0. The fraction of sp³-hybridized carbons (Fsp3) is 0.312. The van der Waals surface area contributed by atoms with Crippen LogP contribution in [-0.4, -0.2) is 11.5 Å². The summed E-state index contributed by atoms with van der Waals surface area (Å²) in [5.41, 5.74) is 2.30. The summed E-state index contributed by atoms with van der Waals surface area (Å²) >= 11 is 0. The molecule has 1 atom stereocenters. The van der Waals surface area contributed by atoms with Crippen LogP contribution in [0, 0.1) is 18.6 Å². The molecule has 0 amide bonds. The van der Waals surface area contributed by atoms with Gasteiger partial charge in [0.15, 0.2) is 11.6 Å². The van der Waals surface area contributed by atoms with E-state index in [0.29, 0.717) is 12.0 Å². The molecule has 20 heavy (non-hydrogen) atoms. The van der Waals surface area contributed by atoms with Crippen molar-refractivity contribution in [2.75, 3.05) is 6.54 Å². The van der Waals surface area contributed by atoms with E-state index < -0.39 is 11.6 Å². The Morgan fingerprint density at radius 3 is 2.75 bits per heavy atom. The highest BCUT2D eigenvalue weighted by Gasteiger charge is 2.16. The highest BCUT2D eigenvalue weighted by Crippen LogP contribution is 2.20. The van der Waals surface area contributed by atoms with Crippen molar-refractivity contribution < 1.29 is 8.78 Å². The summed E-state index contributed by atoms with van der Waals surface area (Å²) < 4.78 is 27.0. The molecule has 2 aromatic rings. The number of rotatable bonds is 5. The number of halogens is 2. The number of nitrogens with one attached hydrogen (secondary N) is 1. The van der Waals surface area contributed by atoms with Gasteiger partial charge in [0.2, 0.25) is 0 Å². The lowest BCUT2D eigenvalue weighted by Crippen LogP contribution is -2.24. The molecule has 0 spiro atoms. The molecule has 2 rings (SSSR count). The van der Waals surface area contributed by atoms with Gasteiger partial charge in [0.25, 0.3) is 0 Å². The minimum Gasteiger partial charge on any atom is -0.309 e. The Hall–Kier alpha value is -1.81. The van der Waals surface area contributed by atoms with E-state index in [4.69, 9.17) is 0 Å². The third-order valence-corrected chi connectivity index (χ3v) is 3.20. The number of benzene rings is 1. The van der Waals surface area contributed by atoms with Gasteiger partial charge in [-0.25, -0.2) is 8.78 Å². The Kier molecular flexibility index (Phi) is 4.79.